The van der Waals surface area contributed by atoms with Crippen LogP contribution in [-0.2, 0) is 0 Å². The van der Waals surface area contributed by atoms with Crippen molar-refractivity contribution in [2.75, 3.05) is 14.1 Å². The van der Waals surface area contributed by atoms with Crippen molar-refractivity contribution in [2.24, 2.45) is 4.99 Å². The summed E-state index contributed by atoms with van der Waals surface area (Å²) < 4.78 is 0. The van der Waals surface area contributed by atoms with Crippen LogP contribution in [0.25, 0.3) is 0 Å². The van der Waals surface area contributed by atoms with Crippen molar-refractivity contribution < 1.29 is 0 Å². The second-order valence-electron chi connectivity index (χ2n) is 2.74. The van der Waals surface area contributed by atoms with Crippen LogP contribution in [0.5, 0.6) is 0 Å². The van der Waals surface area contributed by atoms with Gasteiger partial charge in [0.05, 0.1) is 0 Å². The number of allylic oxidation sites excluding steroid dienone is 2. The molecule has 0 bridgehead atoms. The molecular weight excluding hydrogens is 196 g/mol. The van der Waals surface area contributed by atoms with Crippen LogP contribution in [0.4, 0.5) is 0 Å². The zero-order chi connectivity index (χ0) is 13.6. The molecule has 0 unspecified atom stereocenters. The van der Waals surface area contributed by atoms with Gasteiger partial charge in [0.2, 0.25) is 0 Å². The van der Waals surface area contributed by atoms with Crippen molar-refractivity contribution in [2.45, 2.75) is 34.6 Å². The lowest BCUT2D eigenvalue weighted by Crippen LogP contribution is -2.19. The highest BCUT2D eigenvalue weighted by molar-refractivity contribution is 5.93. The quantitative estimate of drug-likeness (QED) is 0.397. The molecule has 0 aromatic rings. The Balaban J connectivity index is -0.000000376. The molecule has 0 radical (unpaired) electrons. The second-order valence-corrected chi connectivity index (χ2v) is 2.74. The van der Waals surface area contributed by atoms with Crippen molar-refractivity contribution in [3.63, 3.8) is 0 Å². The fourth-order valence-electron chi connectivity index (χ4n) is 0.618. The van der Waals surface area contributed by atoms with E-state index in [9.17, 15) is 0 Å². The smallest absolute Gasteiger partial charge is 0.127 e. The molecule has 0 rings (SSSR count). The maximum atomic E-state index is 4.07. The van der Waals surface area contributed by atoms with E-state index in [4.69, 9.17) is 0 Å². The number of amidine groups is 1. The number of hydrogen-bond donors (Lipinski definition) is 0. The predicted molar refractivity (Wildman–Crippen MR) is 78.0 cm³/mol. The van der Waals surface area contributed by atoms with E-state index in [1.54, 1.807) is 0 Å². The number of hydrogen-bond acceptors (Lipinski definition) is 1. The van der Waals surface area contributed by atoms with Gasteiger partial charge in [-0.3, -0.25) is 0 Å². The molecular formula is C14H28N2. The first-order valence-corrected chi connectivity index (χ1v) is 5.77. The molecule has 0 fully saturated rings. The van der Waals surface area contributed by atoms with Crippen LogP contribution in [0.2, 0.25) is 0 Å². The van der Waals surface area contributed by atoms with Crippen LogP contribution in [0, 0.1) is 0 Å². The van der Waals surface area contributed by atoms with Crippen molar-refractivity contribution >= 4 is 5.84 Å². The van der Waals surface area contributed by atoms with Gasteiger partial charge in [0.25, 0.3) is 0 Å². The summed E-state index contributed by atoms with van der Waals surface area (Å²) >= 11 is 0. The summed E-state index contributed by atoms with van der Waals surface area (Å²) in [6.07, 6.45) is 5.35. The van der Waals surface area contributed by atoms with Gasteiger partial charge in [0.15, 0.2) is 0 Å². The Bertz CT molecular complexity index is 223. The molecule has 2 nitrogen and oxygen atoms in total. The Morgan fingerprint density at radius 3 is 1.75 bits per heavy atom. The van der Waals surface area contributed by atoms with E-state index in [0.717, 1.165) is 11.4 Å². The highest BCUT2D eigenvalue weighted by atomic mass is 15.1. The average Bonchev–Trinajstić information content (AvgIpc) is 2.29. The van der Waals surface area contributed by atoms with Gasteiger partial charge in [-0.2, -0.15) is 0 Å². The molecule has 0 aliphatic rings. The predicted octanol–water partition coefficient (Wildman–Crippen LogP) is 4.27. The van der Waals surface area contributed by atoms with Crippen molar-refractivity contribution in [3.8, 4) is 0 Å². The van der Waals surface area contributed by atoms with E-state index in [-0.39, 0.29) is 0 Å². The van der Waals surface area contributed by atoms with E-state index in [1.807, 2.05) is 65.8 Å². The molecule has 0 saturated carbocycles. The highest BCUT2D eigenvalue weighted by Gasteiger charge is 1.93. The number of rotatable bonds is 3. The molecule has 0 saturated heterocycles. The van der Waals surface area contributed by atoms with Crippen molar-refractivity contribution in [3.05, 3.63) is 37.1 Å². The fourth-order valence-corrected chi connectivity index (χ4v) is 0.618. The van der Waals surface area contributed by atoms with Gasteiger partial charge in [0.1, 0.15) is 5.84 Å². The topological polar surface area (TPSA) is 15.6 Å². The minimum absolute atomic E-state index is 0.869. The maximum Gasteiger partial charge on any atom is 0.127 e. The first kappa shape index (κ1) is 20.1. The Labute approximate surface area is 102 Å². The maximum absolute atomic E-state index is 4.07. The number of nitrogens with zero attached hydrogens (tertiary/aromatic N) is 2. The van der Waals surface area contributed by atoms with E-state index in [1.165, 1.54) is 6.20 Å². The molecule has 0 aliphatic carbocycles. The van der Waals surface area contributed by atoms with Crippen LogP contribution < -0.4 is 0 Å². The molecule has 0 N–H and O–H groups in total. The minimum Gasteiger partial charge on any atom is -0.363 e. The molecule has 0 heterocycles. The summed E-state index contributed by atoms with van der Waals surface area (Å²) in [5, 5.41) is 0. The van der Waals surface area contributed by atoms with Gasteiger partial charge < -0.3 is 4.90 Å². The third-order valence-corrected chi connectivity index (χ3v) is 1.20. The molecule has 94 valence electrons. The Kier molecular flexibility index (Phi) is 20.3. The zero-order valence-electron chi connectivity index (χ0n) is 12.0. The summed E-state index contributed by atoms with van der Waals surface area (Å²) in [4.78, 5) is 5.99. The van der Waals surface area contributed by atoms with E-state index in [0.29, 0.717) is 0 Å². The van der Waals surface area contributed by atoms with Gasteiger partial charge in [-0.25, -0.2) is 4.99 Å². The molecule has 0 spiro atoms. The first-order valence-electron chi connectivity index (χ1n) is 5.77. The van der Waals surface area contributed by atoms with Crippen LogP contribution >= 0.6 is 0 Å². The monoisotopic (exact) mass is 224 g/mol. The van der Waals surface area contributed by atoms with Gasteiger partial charge in [-0.05, 0) is 13.0 Å². The summed E-state index contributed by atoms with van der Waals surface area (Å²) in [5.41, 5.74) is 1.01. The Hall–Kier alpha value is -1.31. The molecule has 16 heavy (non-hydrogen) atoms. The third kappa shape index (κ3) is 15.2. The van der Waals surface area contributed by atoms with Crippen LogP contribution in [0.1, 0.15) is 34.6 Å². The summed E-state index contributed by atoms with van der Waals surface area (Å²) in [6, 6.07) is 0. The normalized spacial score (nSPS) is 9.56. The fraction of sp³-hybridized carbons (Fsp3) is 0.500. The van der Waals surface area contributed by atoms with Gasteiger partial charge >= 0.3 is 0 Å². The molecule has 2 heteroatoms. The summed E-state index contributed by atoms with van der Waals surface area (Å²) in [6.45, 7) is 17.2. The third-order valence-electron chi connectivity index (χ3n) is 1.20. The SMILES string of the molecule is C=CN=C(/C=C\C(=C)C)N(C)C.CC.CC. The van der Waals surface area contributed by atoms with Gasteiger partial charge in [0, 0.05) is 20.3 Å². The second kappa shape index (κ2) is 16.1. The Morgan fingerprint density at radius 2 is 1.50 bits per heavy atom. The first-order chi connectivity index (χ1) is 7.57. The summed E-state index contributed by atoms with van der Waals surface area (Å²) in [7, 11) is 3.87. The number of likely N-dealkylation sites (N-methyl/N-ethyl adjacent to an activating group) is 1. The van der Waals surface area contributed by atoms with Gasteiger partial charge in [-0.1, -0.05) is 52.5 Å². The minimum atomic E-state index is 0.869. The van der Waals surface area contributed by atoms with E-state index < -0.39 is 0 Å². The lowest BCUT2D eigenvalue weighted by Gasteiger charge is -2.10. The Morgan fingerprint density at radius 1 is 1.06 bits per heavy atom. The number of aliphatic imine (C=N–C) groups is 1. The van der Waals surface area contributed by atoms with E-state index >= 15 is 0 Å². The lowest BCUT2D eigenvalue weighted by atomic mass is 10.3. The van der Waals surface area contributed by atoms with Gasteiger partial charge in [-0.15, -0.1) is 0 Å². The average molecular weight is 224 g/mol. The molecule has 0 aromatic heterocycles. The van der Waals surface area contributed by atoms with Crippen LogP contribution in [-0.4, -0.2) is 24.8 Å². The highest BCUT2D eigenvalue weighted by Crippen LogP contribution is 1.93. The molecule has 0 amide bonds. The van der Waals surface area contributed by atoms with Crippen LogP contribution in [0.15, 0.2) is 42.1 Å². The standard InChI is InChI=1S/C10H16N2.2C2H6/c1-6-11-10(12(4)5)8-7-9(2)3;2*1-2/h6-8H,1-2H2,3-5H3;2*1-2H3/b8-7-,11-10?;;. The van der Waals surface area contributed by atoms with E-state index in [2.05, 4.69) is 18.2 Å². The molecule has 0 atom stereocenters. The molecule has 0 aliphatic heterocycles. The van der Waals surface area contributed by atoms with Crippen molar-refractivity contribution in [1.82, 2.24) is 4.90 Å². The largest absolute Gasteiger partial charge is 0.363 e. The summed E-state index contributed by atoms with van der Waals surface area (Å²) in [5.74, 6) is 0.869. The van der Waals surface area contributed by atoms with Crippen molar-refractivity contribution in [1.29, 1.82) is 0 Å². The van der Waals surface area contributed by atoms with Crippen LogP contribution in [0.3, 0.4) is 0 Å². The zero-order valence-corrected chi connectivity index (χ0v) is 12.0. The lowest BCUT2D eigenvalue weighted by molar-refractivity contribution is 0.626. The molecule has 0 aromatic carbocycles.